The Morgan fingerprint density at radius 3 is 1.67 bits per heavy atom. The van der Waals surface area contributed by atoms with Gasteiger partial charge in [0.15, 0.2) is 0 Å². The van der Waals surface area contributed by atoms with E-state index in [1.807, 2.05) is 42.5 Å². The van der Waals surface area contributed by atoms with Crippen LogP contribution in [0.15, 0.2) is 54.6 Å². The molecule has 0 radical (unpaired) electrons. The van der Waals surface area contributed by atoms with Gasteiger partial charge in [-0.2, -0.15) is 60.7 Å². The Hall–Kier alpha value is -0.808. The quantitative estimate of drug-likeness (QED) is 0.452. The van der Waals surface area contributed by atoms with Gasteiger partial charge < -0.3 is 5.73 Å². The Balaban J connectivity index is 0. The van der Waals surface area contributed by atoms with Crippen LogP contribution in [0.1, 0.15) is 0 Å². The summed E-state index contributed by atoms with van der Waals surface area (Å²) < 4.78 is 0. The fourth-order valence-electron chi connectivity index (χ4n) is 0.749. The van der Waals surface area contributed by atoms with Gasteiger partial charge in [-0.1, -0.05) is 5.69 Å². The molecule has 0 aromatic heterocycles. The van der Waals surface area contributed by atoms with Crippen LogP contribution in [0.5, 0.6) is 0 Å². The molecule has 0 fully saturated rings. The molecule has 0 aliphatic rings. The first-order valence-electron chi connectivity index (χ1n) is 4.03. The van der Waals surface area contributed by atoms with Crippen molar-refractivity contribution in [2.75, 3.05) is 5.73 Å². The molecule has 2 rings (SSSR count). The molecule has 1 nitrogen and oxygen atoms in total. The molecule has 82 valence electrons. The van der Waals surface area contributed by atoms with Crippen molar-refractivity contribution in [1.29, 1.82) is 0 Å². The van der Waals surface area contributed by atoms with Crippen molar-refractivity contribution in [2.24, 2.45) is 0 Å². The predicted octanol–water partition coefficient (Wildman–Crippen LogP) is 2.98. The van der Waals surface area contributed by atoms with Crippen LogP contribution >= 0.6 is 12.4 Å². The van der Waals surface area contributed by atoms with Gasteiger partial charge >= 0.3 is 20.4 Å². The Morgan fingerprint density at radius 1 is 0.867 bits per heavy atom. The monoisotopic (exact) mass is 311 g/mol. The van der Waals surface area contributed by atoms with Gasteiger partial charge in [-0.25, -0.2) is 0 Å². The number of hydrogen-bond acceptors (Lipinski definition) is 1. The van der Waals surface area contributed by atoms with Crippen molar-refractivity contribution in [3.63, 3.8) is 0 Å². The van der Waals surface area contributed by atoms with Crippen molar-refractivity contribution in [1.82, 2.24) is 0 Å². The summed E-state index contributed by atoms with van der Waals surface area (Å²) in [6, 6.07) is 22.7. The summed E-state index contributed by atoms with van der Waals surface area (Å²) in [6.45, 7) is 0. The minimum atomic E-state index is 0. The van der Waals surface area contributed by atoms with Crippen molar-refractivity contribution in [3.05, 3.63) is 66.7 Å². The standard InChI is InChI=1S/C6H6N.C6H5.ClH.Pd/c7-6-4-2-1-3-5-6;1-2-4-6-5-3-1;;/h1-4H,7H2;1-5H;1H;/q2*-1;;+2. The van der Waals surface area contributed by atoms with E-state index in [2.05, 4.69) is 12.1 Å². The van der Waals surface area contributed by atoms with Gasteiger partial charge in [0, 0.05) is 0 Å². The summed E-state index contributed by atoms with van der Waals surface area (Å²) in [7, 11) is 0. The van der Waals surface area contributed by atoms with Gasteiger partial charge in [0.2, 0.25) is 0 Å². The third-order valence-electron chi connectivity index (χ3n) is 1.34. The van der Waals surface area contributed by atoms with Gasteiger partial charge in [-0.3, -0.25) is 0 Å². The Morgan fingerprint density at radius 2 is 1.47 bits per heavy atom. The molecule has 0 aliphatic heterocycles. The number of nitrogens with two attached hydrogens (primary N) is 1. The van der Waals surface area contributed by atoms with Crippen LogP contribution in [0.2, 0.25) is 0 Å². The molecule has 0 amide bonds. The average Bonchev–Trinajstić information content (AvgIpc) is 2.22. The number of nitrogen functional groups attached to an aromatic ring is 1. The van der Waals surface area contributed by atoms with E-state index in [0.717, 1.165) is 0 Å². The molecule has 0 spiro atoms. The average molecular weight is 312 g/mol. The van der Waals surface area contributed by atoms with Crippen molar-refractivity contribution >= 4 is 18.1 Å². The molecule has 2 N–H and O–H groups in total. The molecule has 0 heterocycles. The maximum absolute atomic E-state index is 5.30. The number of anilines is 1. The molecule has 0 saturated heterocycles. The third-order valence-corrected chi connectivity index (χ3v) is 1.34. The molecule has 0 unspecified atom stereocenters. The second kappa shape index (κ2) is 11.3. The van der Waals surface area contributed by atoms with E-state index in [1.165, 1.54) is 0 Å². The number of hydrogen-bond donors (Lipinski definition) is 1. The van der Waals surface area contributed by atoms with Crippen LogP contribution < -0.4 is 5.73 Å². The van der Waals surface area contributed by atoms with Crippen molar-refractivity contribution in [3.8, 4) is 0 Å². The zero-order chi connectivity index (χ0) is 9.36. The molecule has 2 aromatic rings. The second-order valence-corrected chi connectivity index (χ2v) is 2.40. The summed E-state index contributed by atoms with van der Waals surface area (Å²) in [5.41, 5.74) is 6.00. The summed E-state index contributed by atoms with van der Waals surface area (Å²) in [4.78, 5) is 0. The molecular weight excluding hydrogens is 300 g/mol. The Labute approximate surface area is 111 Å². The minimum Gasteiger partial charge on any atom is -0.420 e. The van der Waals surface area contributed by atoms with Crippen LogP contribution in [0, 0.1) is 12.1 Å². The van der Waals surface area contributed by atoms with Crippen LogP contribution in [0.3, 0.4) is 0 Å². The fourth-order valence-corrected chi connectivity index (χ4v) is 0.749. The van der Waals surface area contributed by atoms with Crippen LogP contribution in [-0.2, 0) is 20.4 Å². The SMILES string of the molecule is Cl.Nc1[c-]cccc1.[Pd+2].[c-]1ccccc1. The summed E-state index contributed by atoms with van der Waals surface area (Å²) >= 11 is 0. The first-order valence-corrected chi connectivity index (χ1v) is 4.03. The van der Waals surface area contributed by atoms with Crippen LogP contribution in [-0.4, -0.2) is 0 Å². The van der Waals surface area contributed by atoms with Gasteiger partial charge in [0.25, 0.3) is 0 Å². The number of para-hydroxylation sites is 1. The van der Waals surface area contributed by atoms with E-state index in [9.17, 15) is 0 Å². The normalized spacial score (nSPS) is 7.20. The number of rotatable bonds is 0. The predicted molar refractivity (Wildman–Crippen MR) is 62.2 cm³/mol. The molecule has 0 bridgehead atoms. The van der Waals surface area contributed by atoms with E-state index >= 15 is 0 Å². The molecule has 0 atom stereocenters. The zero-order valence-corrected chi connectivity index (χ0v) is 10.4. The topological polar surface area (TPSA) is 26.0 Å². The number of benzene rings is 2. The smallest absolute Gasteiger partial charge is 0.420 e. The van der Waals surface area contributed by atoms with Gasteiger partial charge in [0.1, 0.15) is 0 Å². The third kappa shape index (κ3) is 9.50. The molecule has 0 saturated carbocycles. The largest absolute Gasteiger partial charge is 2.00 e. The first kappa shape index (κ1) is 16.6. The molecule has 2 aromatic carbocycles. The van der Waals surface area contributed by atoms with E-state index in [0.29, 0.717) is 5.69 Å². The molecule has 0 aliphatic carbocycles. The Bertz CT molecular complexity index is 286. The molecule has 3 heteroatoms. The molecular formula is C12H12ClNPd. The zero-order valence-electron chi connectivity index (χ0n) is 8.00. The second-order valence-electron chi connectivity index (χ2n) is 2.40. The van der Waals surface area contributed by atoms with E-state index in [4.69, 9.17) is 5.73 Å². The van der Waals surface area contributed by atoms with Gasteiger partial charge in [-0.05, 0) is 0 Å². The Kier molecular flexibility index (Phi) is 12.5. The van der Waals surface area contributed by atoms with Gasteiger partial charge in [0.05, 0.1) is 0 Å². The van der Waals surface area contributed by atoms with Crippen LogP contribution in [0.4, 0.5) is 5.69 Å². The van der Waals surface area contributed by atoms with Crippen LogP contribution in [0.25, 0.3) is 0 Å². The fraction of sp³-hybridized carbons (Fsp3) is 0. The van der Waals surface area contributed by atoms with E-state index in [1.54, 1.807) is 12.1 Å². The maximum atomic E-state index is 5.30. The summed E-state index contributed by atoms with van der Waals surface area (Å²) in [6.07, 6.45) is 0. The minimum absolute atomic E-state index is 0. The molecule has 15 heavy (non-hydrogen) atoms. The van der Waals surface area contributed by atoms with Crippen molar-refractivity contribution < 1.29 is 20.4 Å². The van der Waals surface area contributed by atoms with E-state index in [-0.39, 0.29) is 32.8 Å². The number of halogens is 1. The van der Waals surface area contributed by atoms with Crippen molar-refractivity contribution in [2.45, 2.75) is 0 Å². The first-order chi connectivity index (χ1) is 6.39. The maximum Gasteiger partial charge on any atom is 2.00 e. The van der Waals surface area contributed by atoms with Gasteiger partial charge in [-0.15, -0.1) is 18.5 Å². The van der Waals surface area contributed by atoms with E-state index < -0.39 is 0 Å². The summed E-state index contributed by atoms with van der Waals surface area (Å²) in [5.74, 6) is 0. The summed E-state index contributed by atoms with van der Waals surface area (Å²) in [5, 5.41) is 0.